The summed E-state index contributed by atoms with van der Waals surface area (Å²) in [5.74, 6) is 1.48. The van der Waals surface area contributed by atoms with Crippen LogP contribution in [0.5, 0.6) is 11.5 Å². The third-order valence-electron chi connectivity index (χ3n) is 4.21. The van der Waals surface area contributed by atoms with Crippen LogP contribution in [0.4, 0.5) is 0 Å². The minimum atomic E-state index is -0.495. The summed E-state index contributed by atoms with van der Waals surface area (Å²) in [5.41, 5.74) is 2.12. The second-order valence-electron chi connectivity index (χ2n) is 5.83. The van der Waals surface area contributed by atoms with Crippen LogP contribution < -0.4 is 14.8 Å². The molecule has 0 radical (unpaired) electrons. The highest BCUT2D eigenvalue weighted by atomic mass is 16.5. The Kier molecular flexibility index (Phi) is 7.09. The number of hydrogen-bond donors (Lipinski definition) is 2. The van der Waals surface area contributed by atoms with Crippen LogP contribution in [-0.2, 0) is 6.42 Å². The monoisotopic (exact) mass is 329 g/mol. The van der Waals surface area contributed by atoms with E-state index in [0.29, 0.717) is 12.6 Å². The highest BCUT2D eigenvalue weighted by Gasteiger charge is 2.13. The molecule has 4 heteroatoms. The highest BCUT2D eigenvalue weighted by Crippen LogP contribution is 2.28. The molecule has 0 aromatic heterocycles. The van der Waals surface area contributed by atoms with Gasteiger partial charge in [0, 0.05) is 12.6 Å². The van der Waals surface area contributed by atoms with Gasteiger partial charge >= 0.3 is 0 Å². The van der Waals surface area contributed by atoms with Crippen molar-refractivity contribution in [2.45, 2.75) is 31.9 Å². The number of aliphatic hydroxyl groups excluding tert-OH is 1. The van der Waals surface area contributed by atoms with Gasteiger partial charge in [-0.1, -0.05) is 43.3 Å². The highest BCUT2D eigenvalue weighted by molar-refractivity contribution is 5.43. The lowest BCUT2D eigenvalue weighted by atomic mass is 10.0. The van der Waals surface area contributed by atoms with E-state index in [0.717, 1.165) is 29.9 Å². The first-order valence-electron chi connectivity index (χ1n) is 8.35. The van der Waals surface area contributed by atoms with Crippen LogP contribution in [-0.4, -0.2) is 31.9 Å². The van der Waals surface area contributed by atoms with E-state index in [1.165, 1.54) is 5.56 Å². The van der Waals surface area contributed by atoms with Crippen molar-refractivity contribution in [2.75, 3.05) is 20.8 Å². The molecule has 0 aliphatic heterocycles. The van der Waals surface area contributed by atoms with Gasteiger partial charge < -0.3 is 19.9 Å². The topological polar surface area (TPSA) is 50.7 Å². The second-order valence-corrected chi connectivity index (χ2v) is 5.83. The average molecular weight is 329 g/mol. The average Bonchev–Trinajstić information content (AvgIpc) is 2.65. The Morgan fingerprint density at radius 1 is 1.00 bits per heavy atom. The SMILES string of the molecule is CCC(Cc1ccc(OC)c(OC)c1)NC[C@H](O)c1ccccc1. The van der Waals surface area contributed by atoms with Gasteiger partial charge in [-0.05, 0) is 36.1 Å². The van der Waals surface area contributed by atoms with E-state index >= 15 is 0 Å². The van der Waals surface area contributed by atoms with Gasteiger partial charge in [0.1, 0.15) is 0 Å². The molecular formula is C20H27NO3. The first kappa shape index (κ1) is 18.3. The van der Waals surface area contributed by atoms with E-state index in [1.807, 2.05) is 42.5 Å². The maximum Gasteiger partial charge on any atom is 0.160 e. The Morgan fingerprint density at radius 3 is 2.33 bits per heavy atom. The number of nitrogens with one attached hydrogen (secondary N) is 1. The molecule has 130 valence electrons. The lowest BCUT2D eigenvalue weighted by Crippen LogP contribution is -2.34. The summed E-state index contributed by atoms with van der Waals surface area (Å²) < 4.78 is 10.6. The molecule has 0 aliphatic carbocycles. The molecule has 0 fully saturated rings. The standard InChI is InChI=1S/C20H27NO3/c1-4-17(21-14-18(22)16-8-6-5-7-9-16)12-15-10-11-19(23-2)20(13-15)24-3/h5-11,13,17-18,21-22H,4,12,14H2,1-3H3/t17?,18-/m0/s1. The molecule has 2 aromatic carbocycles. The summed E-state index contributed by atoms with van der Waals surface area (Å²) in [6.45, 7) is 2.68. The summed E-state index contributed by atoms with van der Waals surface area (Å²) in [4.78, 5) is 0. The largest absolute Gasteiger partial charge is 0.493 e. The quantitative estimate of drug-likeness (QED) is 0.741. The molecule has 1 unspecified atom stereocenters. The molecule has 0 saturated heterocycles. The Bertz CT molecular complexity index is 616. The van der Waals surface area contributed by atoms with Crippen LogP contribution in [0.3, 0.4) is 0 Å². The van der Waals surface area contributed by atoms with E-state index < -0.39 is 6.10 Å². The van der Waals surface area contributed by atoms with Crippen molar-refractivity contribution >= 4 is 0 Å². The summed E-state index contributed by atoms with van der Waals surface area (Å²) in [5, 5.41) is 13.7. The van der Waals surface area contributed by atoms with Gasteiger partial charge in [-0.25, -0.2) is 0 Å². The van der Waals surface area contributed by atoms with Crippen LogP contribution in [0.15, 0.2) is 48.5 Å². The number of aliphatic hydroxyl groups is 1. The number of rotatable bonds is 9. The number of benzene rings is 2. The molecule has 2 aromatic rings. The number of hydrogen-bond acceptors (Lipinski definition) is 4. The number of methoxy groups -OCH3 is 2. The van der Waals surface area contributed by atoms with Gasteiger partial charge in [0.2, 0.25) is 0 Å². The van der Waals surface area contributed by atoms with Gasteiger partial charge in [0.25, 0.3) is 0 Å². The van der Waals surface area contributed by atoms with Crippen LogP contribution in [0.2, 0.25) is 0 Å². The third kappa shape index (κ3) is 4.98. The van der Waals surface area contributed by atoms with Gasteiger partial charge in [0.15, 0.2) is 11.5 Å². The molecular weight excluding hydrogens is 302 g/mol. The molecule has 4 nitrogen and oxygen atoms in total. The van der Waals surface area contributed by atoms with E-state index in [2.05, 4.69) is 18.3 Å². The van der Waals surface area contributed by atoms with Crippen LogP contribution in [0.25, 0.3) is 0 Å². The lowest BCUT2D eigenvalue weighted by molar-refractivity contribution is 0.169. The minimum absolute atomic E-state index is 0.293. The van der Waals surface area contributed by atoms with Crippen LogP contribution in [0.1, 0.15) is 30.6 Å². The molecule has 2 rings (SSSR count). The Hall–Kier alpha value is -2.04. The predicted octanol–water partition coefficient (Wildman–Crippen LogP) is 3.35. The van der Waals surface area contributed by atoms with Crippen molar-refractivity contribution in [3.8, 4) is 11.5 Å². The predicted molar refractivity (Wildman–Crippen MR) is 96.7 cm³/mol. The Labute approximate surface area is 144 Å². The van der Waals surface area contributed by atoms with E-state index in [1.54, 1.807) is 14.2 Å². The molecule has 0 bridgehead atoms. The van der Waals surface area contributed by atoms with E-state index in [9.17, 15) is 5.11 Å². The normalized spacial score (nSPS) is 13.3. The Balaban J connectivity index is 1.94. The summed E-state index contributed by atoms with van der Waals surface area (Å²) in [7, 11) is 3.28. The van der Waals surface area contributed by atoms with Crippen molar-refractivity contribution < 1.29 is 14.6 Å². The zero-order valence-corrected chi connectivity index (χ0v) is 14.7. The molecule has 2 N–H and O–H groups in total. The van der Waals surface area contributed by atoms with Gasteiger partial charge in [-0.15, -0.1) is 0 Å². The van der Waals surface area contributed by atoms with E-state index in [-0.39, 0.29) is 0 Å². The van der Waals surface area contributed by atoms with Gasteiger partial charge in [-0.3, -0.25) is 0 Å². The molecule has 0 saturated carbocycles. The molecule has 24 heavy (non-hydrogen) atoms. The first-order valence-corrected chi connectivity index (χ1v) is 8.35. The van der Waals surface area contributed by atoms with Gasteiger partial charge in [-0.2, -0.15) is 0 Å². The third-order valence-corrected chi connectivity index (χ3v) is 4.21. The fourth-order valence-corrected chi connectivity index (χ4v) is 2.72. The molecule has 0 spiro atoms. The zero-order chi connectivity index (χ0) is 17.4. The van der Waals surface area contributed by atoms with Gasteiger partial charge in [0.05, 0.1) is 20.3 Å². The summed E-state index contributed by atoms with van der Waals surface area (Å²) >= 11 is 0. The zero-order valence-electron chi connectivity index (χ0n) is 14.7. The van der Waals surface area contributed by atoms with Crippen molar-refractivity contribution in [1.29, 1.82) is 0 Å². The Morgan fingerprint density at radius 2 is 1.71 bits per heavy atom. The summed E-state index contributed by atoms with van der Waals surface area (Å²) in [6, 6.07) is 16.0. The van der Waals surface area contributed by atoms with Crippen molar-refractivity contribution in [3.63, 3.8) is 0 Å². The van der Waals surface area contributed by atoms with Crippen molar-refractivity contribution in [1.82, 2.24) is 5.32 Å². The fraction of sp³-hybridized carbons (Fsp3) is 0.400. The van der Waals surface area contributed by atoms with Crippen molar-refractivity contribution in [2.24, 2.45) is 0 Å². The smallest absolute Gasteiger partial charge is 0.160 e. The van der Waals surface area contributed by atoms with Crippen LogP contribution in [0, 0.1) is 0 Å². The molecule has 2 atom stereocenters. The minimum Gasteiger partial charge on any atom is -0.493 e. The maximum atomic E-state index is 10.3. The second kappa shape index (κ2) is 9.30. The maximum absolute atomic E-state index is 10.3. The van der Waals surface area contributed by atoms with Crippen LogP contribution >= 0.6 is 0 Å². The molecule has 0 amide bonds. The molecule has 0 heterocycles. The lowest BCUT2D eigenvalue weighted by Gasteiger charge is -2.20. The molecule has 0 aliphatic rings. The van der Waals surface area contributed by atoms with E-state index in [4.69, 9.17) is 9.47 Å². The fourth-order valence-electron chi connectivity index (χ4n) is 2.72. The summed E-state index contributed by atoms with van der Waals surface area (Å²) in [6.07, 6.45) is 1.36. The van der Waals surface area contributed by atoms with Crippen molar-refractivity contribution in [3.05, 3.63) is 59.7 Å². The number of ether oxygens (including phenoxy) is 2. The first-order chi connectivity index (χ1) is 11.7.